The SMILES string of the molecule is O=C(O)CCCCCCNC(=O)CCc1ccc(Cl)cc1Cl. The number of unbranched alkanes of at least 4 members (excludes halogenated alkanes) is 3. The van der Waals surface area contributed by atoms with Gasteiger partial charge in [0, 0.05) is 29.4 Å². The van der Waals surface area contributed by atoms with E-state index in [-0.39, 0.29) is 12.3 Å². The van der Waals surface area contributed by atoms with Gasteiger partial charge >= 0.3 is 5.97 Å². The molecule has 1 rings (SSSR count). The number of carboxylic acid groups (broad SMARTS) is 1. The number of nitrogens with one attached hydrogen (secondary N) is 1. The molecule has 0 unspecified atom stereocenters. The standard InChI is InChI=1S/C16H21Cl2NO3/c17-13-8-6-12(14(18)11-13)7-9-15(20)19-10-4-2-1-3-5-16(21)22/h6,8,11H,1-5,7,9-10H2,(H,19,20)(H,21,22). The van der Waals surface area contributed by atoms with E-state index in [1.165, 1.54) is 0 Å². The van der Waals surface area contributed by atoms with Crippen molar-refractivity contribution in [3.05, 3.63) is 33.8 Å². The van der Waals surface area contributed by atoms with Crippen LogP contribution >= 0.6 is 23.2 Å². The van der Waals surface area contributed by atoms with E-state index in [9.17, 15) is 9.59 Å². The number of amides is 1. The van der Waals surface area contributed by atoms with Crippen molar-refractivity contribution in [2.24, 2.45) is 0 Å². The minimum Gasteiger partial charge on any atom is -0.481 e. The van der Waals surface area contributed by atoms with Crippen LogP contribution in [-0.4, -0.2) is 23.5 Å². The van der Waals surface area contributed by atoms with Gasteiger partial charge in [-0.15, -0.1) is 0 Å². The minimum atomic E-state index is -0.755. The zero-order valence-corrected chi connectivity index (χ0v) is 13.9. The summed E-state index contributed by atoms with van der Waals surface area (Å²) in [5.41, 5.74) is 0.912. The molecule has 6 heteroatoms. The summed E-state index contributed by atoms with van der Waals surface area (Å²) in [4.78, 5) is 22.1. The van der Waals surface area contributed by atoms with Crippen LogP contribution in [0.15, 0.2) is 18.2 Å². The normalized spacial score (nSPS) is 10.5. The highest BCUT2D eigenvalue weighted by molar-refractivity contribution is 6.35. The Labute approximate surface area is 140 Å². The monoisotopic (exact) mass is 345 g/mol. The molecular weight excluding hydrogens is 325 g/mol. The lowest BCUT2D eigenvalue weighted by atomic mass is 10.1. The Morgan fingerprint density at radius 3 is 2.45 bits per heavy atom. The van der Waals surface area contributed by atoms with E-state index in [2.05, 4.69) is 5.32 Å². The third-order valence-electron chi connectivity index (χ3n) is 3.28. The molecule has 22 heavy (non-hydrogen) atoms. The van der Waals surface area contributed by atoms with Crippen molar-refractivity contribution >= 4 is 35.1 Å². The number of carbonyl (C=O) groups is 2. The highest BCUT2D eigenvalue weighted by atomic mass is 35.5. The quantitative estimate of drug-likeness (QED) is 0.628. The van der Waals surface area contributed by atoms with E-state index in [0.29, 0.717) is 35.9 Å². The molecule has 0 saturated carbocycles. The van der Waals surface area contributed by atoms with Gasteiger partial charge in [0.1, 0.15) is 0 Å². The Kier molecular flexibility index (Phi) is 8.94. The van der Waals surface area contributed by atoms with E-state index in [1.54, 1.807) is 12.1 Å². The maximum atomic E-state index is 11.7. The second-order valence-electron chi connectivity index (χ2n) is 5.14. The van der Waals surface area contributed by atoms with Crippen LogP contribution in [0.5, 0.6) is 0 Å². The van der Waals surface area contributed by atoms with E-state index >= 15 is 0 Å². The molecule has 1 aromatic rings. The fraction of sp³-hybridized carbons (Fsp3) is 0.500. The molecule has 0 atom stereocenters. The van der Waals surface area contributed by atoms with Gasteiger partial charge in [-0.3, -0.25) is 9.59 Å². The lowest BCUT2D eigenvalue weighted by Crippen LogP contribution is -2.24. The Morgan fingerprint density at radius 2 is 1.77 bits per heavy atom. The van der Waals surface area contributed by atoms with E-state index in [0.717, 1.165) is 24.8 Å². The number of benzene rings is 1. The molecule has 0 fully saturated rings. The summed E-state index contributed by atoms with van der Waals surface area (Å²) in [6.45, 7) is 0.625. The maximum Gasteiger partial charge on any atom is 0.303 e. The number of hydrogen-bond donors (Lipinski definition) is 2. The van der Waals surface area contributed by atoms with Crippen LogP contribution in [0.1, 0.15) is 44.1 Å². The summed E-state index contributed by atoms with van der Waals surface area (Å²) in [5, 5.41) is 12.5. The molecule has 0 aliphatic heterocycles. The average Bonchev–Trinajstić information content (AvgIpc) is 2.45. The Bertz CT molecular complexity index is 506. The molecule has 0 aromatic heterocycles. The number of carbonyl (C=O) groups excluding carboxylic acids is 1. The number of rotatable bonds is 10. The summed E-state index contributed by atoms with van der Waals surface area (Å²) in [7, 11) is 0. The molecule has 1 amide bonds. The molecule has 0 aliphatic rings. The summed E-state index contributed by atoms with van der Waals surface area (Å²) in [5.74, 6) is -0.759. The van der Waals surface area contributed by atoms with Crippen molar-refractivity contribution in [1.29, 1.82) is 0 Å². The Morgan fingerprint density at radius 1 is 1.05 bits per heavy atom. The highest BCUT2D eigenvalue weighted by Gasteiger charge is 2.05. The molecule has 4 nitrogen and oxygen atoms in total. The van der Waals surface area contributed by atoms with Gasteiger partial charge < -0.3 is 10.4 Å². The first-order chi connectivity index (χ1) is 10.5. The number of aliphatic carboxylic acids is 1. The second kappa shape index (κ2) is 10.5. The van der Waals surface area contributed by atoms with E-state index in [1.807, 2.05) is 6.07 Å². The summed E-state index contributed by atoms with van der Waals surface area (Å²) in [6, 6.07) is 5.27. The first kappa shape index (κ1) is 18.8. The smallest absolute Gasteiger partial charge is 0.303 e. The average molecular weight is 346 g/mol. The zero-order valence-electron chi connectivity index (χ0n) is 12.4. The summed E-state index contributed by atoms with van der Waals surface area (Å²) < 4.78 is 0. The molecule has 0 bridgehead atoms. The molecule has 0 heterocycles. The fourth-order valence-electron chi connectivity index (χ4n) is 2.04. The molecular formula is C16H21Cl2NO3. The predicted molar refractivity (Wildman–Crippen MR) is 88.5 cm³/mol. The third-order valence-corrected chi connectivity index (χ3v) is 3.86. The van der Waals surface area contributed by atoms with Gasteiger partial charge in [0.25, 0.3) is 0 Å². The van der Waals surface area contributed by atoms with Crippen LogP contribution in [-0.2, 0) is 16.0 Å². The van der Waals surface area contributed by atoms with Gasteiger partial charge in [-0.25, -0.2) is 0 Å². The van der Waals surface area contributed by atoms with Gasteiger partial charge in [0.15, 0.2) is 0 Å². The lowest BCUT2D eigenvalue weighted by molar-refractivity contribution is -0.137. The van der Waals surface area contributed by atoms with Crippen molar-refractivity contribution in [1.82, 2.24) is 5.32 Å². The Hall–Kier alpha value is -1.26. The highest BCUT2D eigenvalue weighted by Crippen LogP contribution is 2.21. The molecule has 0 radical (unpaired) electrons. The number of hydrogen-bond acceptors (Lipinski definition) is 2. The fourth-order valence-corrected chi connectivity index (χ4v) is 2.55. The number of halogens is 2. The molecule has 122 valence electrons. The maximum absolute atomic E-state index is 11.7. The van der Waals surface area contributed by atoms with Crippen LogP contribution < -0.4 is 5.32 Å². The molecule has 0 saturated heterocycles. The van der Waals surface area contributed by atoms with Crippen LogP contribution in [0.2, 0.25) is 10.0 Å². The van der Waals surface area contributed by atoms with Gasteiger partial charge in [-0.2, -0.15) is 0 Å². The first-order valence-corrected chi connectivity index (χ1v) is 8.17. The minimum absolute atomic E-state index is 0.00319. The number of aryl methyl sites for hydroxylation is 1. The van der Waals surface area contributed by atoms with Crippen molar-refractivity contribution in [2.45, 2.75) is 44.9 Å². The lowest BCUT2D eigenvalue weighted by Gasteiger charge is -2.07. The van der Waals surface area contributed by atoms with Crippen molar-refractivity contribution in [3.8, 4) is 0 Å². The van der Waals surface area contributed by atoms with Gasteiger partial charge in [-0.1, -0.05) is 42.1 Å². The topological polar surface area (TPSA) is 66.4 Å². The molecule has 0 spiro atoms. The number of carboxylic acids is 1. The van der Waals surface area contributed by atoms with E-state index < -0.39 is 5.97 Å². The third kappa shape index (κ3) is 8.25. The Balaban J connectivity index is 2.10. The van der Waals surface area contributed by atoms with Crippen LogP contribution in [0, 0.1) is 0 Å². The van der Waals surface area contributed by atoms with Crippen molar-refractivity contribution < 1.29 is 14.7 Å². The van der Waals surface area contributed by atoms with Gasteiger partial charge in [0.05, 0.1) is 0 Å². The van der Waals surface area contributed by atoms with Gasteiger partial charge in [-0.05, 0) is 37.0 Å². The predicted octanol–water partition coefficient (Wildman–Crippen LogP) is 4.08. The molecule has 0 aliphatic carbocycles. The van der Waals surface area contributed by atoms with Gasteiger partial charge in [0.2, 0.25) is 5.91 Å². The summed E-state index contributed by atoms with van der Waals surface area (Å²) in [6.07, 6.45) is 4.56. The molecule has 1 aromatic carbocycles. The van der Waals surface area contributed by atoms with Crippen LogP contribution in [0.25, 0.3) is 0 Å². The van der Waals surface area contributed by atoms with Crippen LogP contribution in [0.3, 0.4) is 0 Å². The molecule has 2 N–H and O–H groups in total. The summed E-state index contributed by atoms with van der Waals surface area (Å²) >= 11 is 11.9. The largest absolute Gasteiger partial charge is 0.481 e. The zero-order chi connectivity index (χ0) is 16.4. The van der Waals surface area contributed by atoms with Crippen molar-refractivity contribution in [2.75, 3.05) is 6.54 Å². The van der Waals surface area contributed by atoms with Crippen LogP contribution in [0.4, 0.5) is 0 Å². The van der Waals surface area contributed by atoms with E-state index in [4.69, 9.17) is 28.3 Å². The second-order valence-corrected chi connectivity index (χ2v) is 5.99. The van der Waals surface area contributed by atoms with Crippen molar-refractivity contribution in [3.63, 3.8) is 0 Å². The first-order valence-electron chi connectivity index (χ1n) is 7.41.